The van der Waals surface area contributed by atoms with Gasteiger partial charge in [0.05, 0.1) is 28.4 Å². The van der Waals surface area contributed by atoms with E-state index in [1.807, 2.05) is 0 Å². The second-order valence-electron chi connectivity index (χ2n) is 5.66. The molecule has 0 unspecified atom stereocenters. The topological polar surface area (TPSA) is 83.5 Å². The number of Topliss-reactive ketones (excluding diaryl/α,β-unsaturated/α-hetero) is 1. The molecular weight excluding hydrogens is 340 g/mol. The molecule has 2 aromatic carbocycles. The minimum Gasteiger partial charge on any atom is -0.496 e. The van der Waals surface area contributed by atoms with Crippen LogP contribution in [0.25, 0.3) is 0 Å². The number of rotatable bonds is 5. The van der Waals surface area contributed by atoms with Gasteiger partial charge in [0, 0.05) is 12.1 Å². The van der Waals surface area contributed by atoms with E-state index in [0.717, 1.165) is 0 Å². The summed E-state index contributed by atoms with van der Waals surface area (Å²) >= 11 is 0. The second-order valence-corrected chi connectivity index (χ2v) is 5.66. The van der Waals surface area contributed by atoms with Crippen LogP contribution in [0.15, 0.2) is 30.3 Å². The summed E-state index contributed by atoms with van der Waals surface area (Å²) in [4.78, 5) is 12.8. The Morgan fingerprint density at radius 1 is 0.885 bits per heavy atom. The van der Waals surface area contributed by atoms with Crippen LogP contribution >= 0.6 is 0 Å². The van der Waals surface area contributed by atoms with Gasteiger partial charge >= 0.3 is 0 Å². The van der Waals surface area contributed by atoms with Crippen LogP contribution in [0.1, 0.15) is 22.0 Å². The van der Waals surface area contributed by atoms with Crippen LogP contribution in [0, 0.1) is 0 Å². The van der Waals surface area contributed by atoms with Crippen LogP contribution in [-0.4, -0.2) is 45.4 Å². The standard InChI is InChI=1S/C19H20O7/c1-22-11-8-14(25-4)16-15(9-11)26-19(18(21)17(16)20)10-5-6-12(23-2)13(7-10)24-3/h5-9,18-19,21H,1-4H3/t18-,19+/m1/s1. The molecule has 0 spiro atoms. The molecule has 2 aromatic rings. The molecule has 0 fully saturated rings. The van der Waals surface area contributed by atoms with Gasteiger partial charge in [-0.3, -0.25) is 4.79 Å². The average Bonchev–Trinajstić information content (AvgIpc) is 2.68. The van der Waals surface area contributed by atoms with E-state index in [-0.39, 0.29) is 17.1 Å². The molecule has 0 saturated heterocycles. The summed E-state index contributed by atoms with van der Waals surface area (Å²) in [6.07, 6.45) is -2.28. The highest BCUT2D eigenvalue weighted by atomic mass is 16.5. The van der Waals surface area contributed by atoms with Crippen molar-refractivity contribution in [2.75, 3.05) is 28.4 Å². The highest BCUT2D eigenvalue weighted by Crippen LogP contribution is 2.43. The fourth-order valence-electron chi connectivity index (χ4n) is 2.95. The number of methoxy groups -OCH3 is 4. The van der Waals surface area contributed by atoms with Gasteiger partial charge in [-0.05, 0) is 17.7 Å². The Morgan fingerprint density at radius 3 is 2.19 bits per heavy atom. The maximum Gasteiger partial charge on any atom is 0.202 e. The Hall–Kier alpha value is -2.93. The van der Waals surface area contributed by atoms with Crippen molar-refractivity contribution in [2.45, 2.75) is 12.2 Å². The van der Waals surface area contributed by atoms with E-state index in [1.165, 1.54) is 28.4 Å². The van der Waals surface area contributed by atoms with Crippen LogP contribution in [-0.2, 0) is 0 Å². The third-order valence-corrected chi connectivity index (χ3v) is 4.29. The lowest BCUT2D eigenvalue weighted by Crippen LogP contribution is -2.36. The molecule has 0 aliphatic carbocycles. The molecule has 138 valence electrons. The van der Waals surface area contributed by atoms with E-state index in [4.69, 9.17) is 23.7 Å². The summed E-state index contributed by atoms with van der Waals surface area (Å²) in [7, 11) is 5.99. The summed E-state index contributed by atoms with van der Waals surface area (Å²) in [5.74, 6) is 1.59. The molecule has 7 heteroatoms. The van der Waals surface area contributed by atoms with Crippen molar-refractivity contribution >= 4 is 5.78 Å². The lowest BCUT2D eigenvalue weighted by atomic mass is 9.92. The number of hydrogen-bond donors (Lipinski definition) is 1. The van der Waals surface area contributed by atoms with Crippen LogP contribution in [0.3, 0.4) is 0 Å². The van der Waals surface area contributed by atoms with Crippen LogP contribution in [0.4, 0.5) is 0 Å². The Kier molecular flexibility index (Phi) is 4.90. The molecule has 0 radical (unpaired) electrons. The Morgan fingerprint density at radius 2 is 1.58 bits per heavy atom. The van der Waals surface area contributed by atoms with E-state index in [1.54, 1.807) is 30.3 Å². The smallest absolute Gasteiger partial charge is 0.202 e. The Bertz CT molecular complexity index is 831. The van der Waals surface area contributed by atoms with Gasteiger partial charge in [0.1, 0.15) is 22.8 Å². The first-order valence-electron chi connectivity index (χ1n) is 7.91. The predicted octanol–water partition coefficient (Wildman–Crippen LogP) is 2.40. The number of carbonyl (C=O) groups is 1. The molecule has 0 aromatic heterocycles. The molecular formula is C19H20O7. The number of aliphatic hydroxyl groups excluding tert-OH is 1. The van der Waals surface area contributed by atoms with Gasteiger partial charge in [-0.15, -0.1) is 0 Å². The van der Waals surface area contributed by atoms with E-state index < -0.39 is 18.0 Å². The van der Waals surface area contributed by atoms with Gasteiger partial charge in [0.15, 0.2) is 23.7 Å². The van der Waals surface area contributed by atoms with Gasteiger partial charge in [-0.25, -0.2) is 0 Å². The van der Waals surface area contributed by atoms with Gasteiger partial charge in [0.25, 0.3) is 0 Å². The normalized spacial score (nSPS) is 18.6. The van der Waals surface area contributed by atoms with E-state index >= 15 is 0 Å². The Labute approximate surface area is 151 Å². The number of ketones is 1. The number of hydrogen-bond acceptors (Lipinski definition) is 7. The largest absolute Gasteiger partial charge is 0.496 e. The van der Waals surface area contributed by atoms with Crippen LogP contribution < -0.4 is 23.7 Å². The first kappa shape index (κ1) is 17.9. The van der Waals surface area contributed by atoms with E-state index in [9.17, 15) is 9.90 Å². The fraction of sp³-hybridized carbons (Fsp3) is 0.316. The van der Waals surface area contributed by atoms with Gasteiger partial charge in [0.2, 0.25) is 5.78 Å². The summed E-state index contributed by atoms with van der Waals surface area (Å²) in [6.45, 7) is 0. The minimum absolute atomic E-state index is 0.192. The van der Waals surface area contributed by atoms with Crippen molar-refractivity contribution in [3.8, 4) is 28.7 Å². The zero-order valence-corrected chi connectivity index (χ0v) is 14.9. The molecule has 2 atom stereocenters. The third kappa shape index (κ3) is 2.90. The first-order chi connectivity index (χ1) is 12.5. The molecule has 1 aliphatic rings. The predicted molar refractivity (Wildman–Crippen MR) is 92.8 cm³/mol. The van der Waals surface area contributed by atoms with Crippen LogP contribution in [0.5, 0.6) is 28.7 Å². The van der Waals surface area contributed by atoms with E-state index in [0.29, 0.717) is 22.8 Å². The third-order valence-electron chi connectivity index (χ3n) is 4.29. The fourth-order valence-corrected chi connectivity index (χ4v) is 2.95. The molecule has 1 N–H and O–H groups in total. The maximum atomic E-state index is 12.8. The minimum atomic E-state index is -1.39. The highest BCUT2D eigenvalue weighted by molar-refractivity contribution is 6.05. The lowest BCUT2D eigenvalue weighted by molar-refractivity contribution is 0.0209. The quantitative estimate of drug-likeness (QED) is 0.876. The molecule has 1 aliphatic heterocycles. The van der Waals surface area contributed by atoms with Crippen molar-refractivity contribution in [1.29, 1.82) is 0 Å². The molecule has 1 heterocycles. The number of carbonyl (C=O) groups excluding carboxylic acids is 1. The molecule has 7 nitrogen and oxygen atoms in total. The number of fused-ring (bicyclic) bond motifs is 1. The average molecular weight is 360 g/mol. The van der Waals surface area contributed by atoms with Gasteiger partial charge < -0.3 is 28.8 Å². The molecule has 26 heavy (non-hydrogen) atoms. The summed E-state index contributed by atoms with van der Waals surface area (Å²) in [5.41, 5.74) is 0.772. The van der Waals surface area contributed by atoms with Crippen molar-refractivity contribution in [3.63, 3.8) is 0 Å². The number of benzene rings is 2. The molecule has 3 rings (SSSR count). The summed E-state index contributed by atoms with van der Waals surface area (Å²) < 4.78 is 26.9. The monoisotopic (exact) mass is 360 g/mol. The molecule has 0 amide bonds. The first-order valence-corrected chi connectivity index (χ1v) is 7.91. The number of aliphatic hydroxyl groups is 1. The van der Waals surface area contributed by atoms with Crippen molar-refractivity contribution in [1.82, 2.24) is 0 Å². The van der Waals surface area contributed by atoms with Crippen molar-refractivity contribution in [3.05, 3.63) is 41.5 Å². The summed E-state index contributed by atoms with van der Waals surface area (Å²) in [5, 5.41) is 10.5. The lowest BCUT2D eigenvalue weighted by Gasteiger charge is -2.31. The van der Waals surface area contributed by atoms with Gasteiger partial charge in [-0.2, -0.15) is 0 Å². The highest BCUT2D eigenvalue weighted by Gasteiger charge is 2.39. The summed E-state index contributed by atoms with van der Waals surface area (Å²) in [6, 6.07) is 8.24. The van der Waals surface area contributed by atoms with Crippen LogP contribution in [0.2, 0.25) is 0 Å². The zero-order chi connectivity index (χ0) is 18.8. The molecule has 0 saturated carbocycles. The Balaban J connectivity index is 2.06. The van der Waals surface area contributed by atoms with Gasteiger partial charge in [-0.1, -0.05) is 6.07 Å². The van der Waals surface area contributed by atoms with Crippen molar-refractivity contribution < 1.29 is 33.6 Å². The maximum absolute atomic E-state index is 12.8. The second kappa shape index (κ2) is 7.13. The van der Waals surface area contributed by atoms with Crippen molar-refractivity contribution in [2.24, 2.45) is 0 Å². The molecule has 0 bridgehead atoms. The SMILES string of the molecule is COc1cc(OC)c2c(c1)O[C@@H](c1ccc(OC)c(OC)c1)[C@H](O)C2=O. The van der Waals surface area contributed by atoms with E-state index in [2.05, 4.69) is 0 Å². The number of ether oxygens (including phenoxy) is 5. The zero-order valence-electron chi connectivity index (χ0n) is 14.9.